The van der Waals surface area contributed by atoms with Crippen LogP contribution in [0.1, 0.15) is 104 Å². The molecule has 13 nitrogen and oxygen atoms in total. The molecule has 3 aliphatic rings. The Morgan fingerprint density at radius 1 is 0.961 bits per heavy atom. The number of urea groups is 1. The number of nitrogens with one attached hydrogen (secondary N) is 3. The lowest BCUT2D eigenvalue weighted by Crippen LogP contribution is -2.64. The van der Waals surface area contributed by atoms with Crippen LogP contribution in [0.2, 0.25) is 0 Å². The summed E-state index contributed by atoms with van der Waals surface area (Å²) in [5, 5.41) is 8.52. The molecule has 13 heteroatoms. The summed E-state index contributed by atoms with van der Waals surface area (Å²) in [5.41, 5.74) is 4.06. The van der Waals surface area contributed by atoms with E-state index in [4.69, 9.17) is 15.2 Å². The molecule has 2 saturated carbocycles. The summed E-state index contributed by atoms with van der Waals surface area (Å²) in [4.78, 5) is 81.8. The van der Waals surface area contributed by atoms with Crippen molar-refractivity contribution in [3.05, 3.63) is 29.8 Å². The van der Waals surface area contributed by atoms with Crippen molar-refractivity contribution >= 4 is 35.5 Å². The number of hydrogen-bond acceptors (Lipinski definition) is 8. The van der Waals surface area contributed by atoms with E-state index in [1.807, 2.05) is 34.6 Å². The Morgan fingerprint density at radius 2 is 1.61 bits per heavy atom. The van der Waals surface area contributed by atoms with Crippen molar-refractivity contribution in [3.8, 4) is 5.75 Å². The predicted octanol–water partition coefficient (Wildman–Crippen LogP) is 3.76. The van der Waals surface area contributed by atoms with E-state index in [2.05, 4.69) is 16.0 Å². The normalized spacial score (nSPS) is 21.5. The van der Waals surface area contributed by atoms with Crippen LogP contribution in [-0.4, -0.2) is 77.7 Å². The first kappa shape index (κ1) is 39.6. The average Bonchev–Trinajstić information content (AvgIpc) is 3.53. The molecule has 282 valence electrons. The van der Waals surface area contributed by atoms with Gasteiger partial charge in [0.2, 0.25) is 17.6 Å². The number of amides is 5. The van der Waals surface area contributed by atoms with Crippen molar-refractivity contribution in [2.24, 2.45) is 28.9 Å². The molecule has 1 aromatic carbocycles. The van der Waals surface area contributed by atoms with E-state index in [0.717, 1.165) is 44.1 Å². The number of hydrogen-bond donors (Lipinski definition) is 4. The Morgan fingerprint density at radius 3 is 2.14 bits per heavy atom. The van der Waals surface area contributed by atoms with Crippen molar-refractivity contribution < 1.29 is 38.2 Å². The van der Waals surface area contributed by atoms with E-state index in [-0.39, 0.29) is 30.9 Å². The van der Waals surface area contributed by atoms with Crippen molar-refractivity contribution in [2.45, 2.75) is 129 Å². The van der Waals surface area contributed by atoms with Crippen LogP contribution in [0.4, 0.5) is 4.79 Å². The zero-order valence-corrected chi connectivity index (χ0v) is 31.0. The van der Waals surface area contributed by atoms with Gasteiger partial charge < -0.3 is 36.1 Å². The van der Waals surface area contributed by atoms with Gasteiger partial charge in [-0.15, -0.1) is 0 Å². The van der Waals surface area contributed by atoms with Crippen molar-refractivity contribution in [3.63, 3.8) is 0 Å². The van der Waals surface area contributed by atoms with Gasteiger partial charge in [-0.05, 0) is 66.5 Å². The molecule has 1 heterocycles. The van der Waals surface area contributed by atoms with E-state index in [9.17, 15) is 28.8 Å². The smallest absolute Gasteiger partial charge is 0.332 e. The number of ketones is 1. The van der Waals surface area contributed by atoms with Crippen molar-refractivity contribution in [2.75, 3.05) is 13.7 Å². The van der Waals surface area contributed by atoms with Gasteiger partial charge in [-0.25, -0.2) is 9.59 Å². The highest BCUT2D eigenvalue weighted by atomic mass is 16.5. The summed E-state index contributed by atoms with van der Waals surface area (Å²) in [7, 11) is 1.57. The number of nitrogens with two attached hydrogens (primary N) is 1. The van der Waals surface area contributed by atoms with Crippen LogP contribution in [0, 0.1) is 23.2 Å². The summed E-state index contributed by atoms with van der Waals surface area (Å²) in [6.45, 7) is 9.81. The van der Waals surface area contributed by atoms with Gasteiger partial charge in [0.15, 0.2) is 0 Å². The highest BCUT2D eigenvalue weighted by Gasteiger charge is 2.48. The second kappa shape index (κ2) is 16.9. The van der Waals surface area contributed by atoms with Gasteiger partial charge in [0.1, 0.15) is 30.0 Å². The van der Waals surface area contributed by atoms with Gasteiger partial charge in [0.05, 0.1) is 13.2 Å². The summed E-state index contributed by atoms with van der Waals surface area (Å²) >= 11 is 0. The molecule has 0 bridgehead atoms. The fourth-order valence-corrected chi connectivity index (χ4v) is 7.32. The third-order valence-corrected chi connectivity index (χ3v) is 10.9. The lowest BCUT2D eigenvalue weighted by atomic mass is 9.80. The molecule has 1 aliphatic heterocycles. The molecular formula is C38H57N5O8. The van der Waals surface area contributed by atoms with Gasteiger partial charge in [0.25, 0.3) is 5.91 Å². The molecule has 2 aliphatic carbocycles. The molecule has 51 heavy (non-hydrogen) atoms. The quantitative estimate of drug-likeness (QED) is 0.166. The first-order chi connectivity index (χ1) is 24.0. The summed E-state index contributed by atoms with van der Waals surface area (Å²) < 4.78 is 10.9. The Balaban J connectivity index is 1.50. The Kier molecular flexibility index (Phi) is 13.1. The van der Waals surface area contributed by atoms with E-state index >= 15 is 0 Å². The highest BCUT2D eigenvalue weighted by Crippen LogP contribution is 2.34. The minimum absolute atomic E-state index is 0.0120. The van der Waals surface area contributed by atoms with Crippen LogP contribution in [0.25, 0.3) is 0 Å². The average molecular weight is 712 g/mol. The van der Waals surface area contributed by atoms with Gasteiger partial charge in [-0.2, -0.15) is 0 Å². The maximum absolute atomic E-state index is 14.4. The molecule has 0 aromatic heterocycles. The number of ether oxygens (including phenoxy) is 2. The maximum atomic E-state index is 14.4. The van der Waals surface area contributed by atoms with Crippen molar-refractivity contribution in [1.29, 1.82) is 0 Å². The lowest BCUT2D eigenvalue weighted by molar-refractivity contribution is -0.154. The Hall–Kier alpha value is -4.16. The minimum Gasteiger partial charge on any atom is -0.497 e. The third-order valence-electron chi connectivity index (χ3n) is 10.9. The molecular weight excluding hydrogens is 654 g/mol. The Bertz CT molecular complexity index is 1430. The summed E-state index contributed by atoms with van der Waals surface area (Å²) in [5.74, 6) is -2.44. The van der Waals surface area contributed by atoms with Crippen LogP contribution >= 0.6 is 0 Å². The van der Waals surface area contributed by atoms with Gasteiger partial charge >= 0.3 is 12.0 Å². The van der Waals surface area contributed by atoms with Gasteiger partial charge in [-0.3, -0.25) is 19.2 Å². The zero-order valence-electron chi connectivity index (χ0n) is 31.0. The molecule has 1 saturated heterocycles. The molecule has 5 amide bonds. The van der Waals surface area contributed by atoms with Crippen LogP contribution in [0.15, 0.2) is 24.3 Å². The molecule has 4 atom stereocenters. The minimum atomic E-state index is -1.26. The number of methoxy groups -OCH3 is 1. The van der Waals surface area contributed by atoms with Crippen LogP contribution in [0.3, 0.4) is 0 Å². The number of nitrogens with zero attached hydrogens (tertiary/aromatic N) is 1. The fraction of sp³-hybridized carbons (Fsp3) is 0.684. The van der Waals surface area contributed by atoms with Gasteiger partial charge in [0, 0.05) is 6.54 Å². The van der Waals surface area contributed by atoms with Crippen LogP contribution < -0.4 is 26.4 Å². The SMILES string of the molecule is COc1ccc(COC(=O)C2(NC(=O)N[C@H](C(=O)N3C[C@H](C(C)C)C[C@H]3C(=O)NC(CC3CCC3)C(=O)C(N)=O)C(C)(C)C)CCCCC2)cc1. The molecule has 3 fully saturated rings. The molecule has 5 N–H and O–H groups in total. The number of likely N-dealkylation sites (tertiary alicyclic amines) is 1. The number of rotatable bonds is 14. The first-order valence-corrected chi connectivity index (χ1v) is 18.4. The zero-order chi connectivity index (χ0) is 37.5. The molecule has 4 rings (SSSR count). The Labute approximate surface area is 301 Å². The molecule has 1 aromatic rings. The monoisotopic (exact) mass is 711 g/mol. The van der Waals surface area contributed by atoms with Crippen LogP contribution in [0.5, 0.6) is 5.75 Å². The number of carbonyl (C=O) groups is 6. The maximum Gasteiger partial charge on any atom is 0.332 e. The van der Waals surface area contributed by atoms with E-state index in [1.165, 1.54) is 4.90 Å². The fourth-order valence-electron chi connectivity index (χ4n) is 7.32. The molecule has 0 spiro atoms. The number of carbonyl (C=O) groups excluding carboxylic acids is 6. The van der Waals surface area contributed by atoms with E-state index in [1.54, 1.807) is 31.4 Å². The number of Topliss-reactive ketones (excluding diaryl/α,β-unsaturated/α-hetero) is 1. The number of esters is 1. The number of benzene rings is 1. The molecule has 1 unspecified atom stereocenters. The van der Waals surface area contributed by atoms with Crippen LogP contribution in [-0.2, 0) is 35.3 Å². The first-order valence-electron chi connectivity index (χ1n) is 18.4. The lowest BCUT2D eigenvalue weighted by Gasteiger charge is -2.38. The van der Waals surface area contributed by atoms with Crippen molar-refractivity contribution in [1.82, 2.24) is 20.9 Å². The summed E-state index contributed by atoms with van der Waals surface area (Å²) in [6.07, 6.45) is 6.68. The topological polar surface area (TPSA) is 186 Å². The summed E-state index contributed by atoms with van der Waals surface area (Å²) in [6, 6.07) is 3.45. The van der Waals surface area contributed by atoms with E-state index < -0.39 is 64.6 Å². The van der Waals surface area contributed by atoms with E-state index in [0.29, 0.717) is 31.4 Å². The predicted molar refractivity (Wildman–Crippen MR) is 190 cm³/mol. The number of primary amides is 1. The third kappa shape index (κ3) is 10.0. The second-order valence-electron chi connectivity index (χ2n) is 16.0. The highest BCUT2D eigenvalue weighted by molar-refractivity contribution is 6.37. The second-order valence-corrected chi connectivity index (χ2v) is 16.0. The molecule has 0 radical (unpaired) electrons. The largest absolute Gasteiger partial charge is 0.497 e. The van der Waals surface area contributed by atoms with Gasteiger partial charge in [-0.1, -0.05) is 85.3 Å². The standard InChI is InChI=1S/C38H57N5O8/c1-23(2)26-20-29(33(46)40-28(30(44)32(39)45)19-24-11-10-12-24)43(21-26)34(47)31(37(3,4)5)41-36(49)42-38(17-8-7-9-18-38)35(48)51-22-25-13-15-27(50-6)16-14-25/h13-16,23-24,26,28-29,31H,7-12,17-22H2,1-6H3,(H2,39,45)(H,40,46)(H2,41,42,49)/t26-,28?,29+,31-/m1/s1.